The molecule has 31 heavy (non-hydrogen) atoms. The lowest BCUT2D eigenvalue weighted by Crippen LogP contribution is -2.44. The lowest BCUT2D eigenvalue weighted by molar-refractivity contribution is -0.137. The Balaban J connectivity index is 1.24. The van der Waals surface area contributed by atoms with Crippen LogP contribution in [0.5, 0.6) is 0 Å². The molecule has 0 radical (unpaired) electrons. The molecule has 3 aliphatic heterocycles. The summed E-state index contributed by atoms with van der Waals surface area (Å²) in [4.78, 5) is 31.5. The number of para-hydroxylation sites is 1. The molecule has 3 aliphatic rings. The van der Waals surface area contributed by atoms with E-state index < -0.39 is 17.4 Å². The van der Waals surface area contributed by atoms with Crippen LogP contribution < -0.4 is 5.32 Å². The summed E-state index contributed by atoms with van der Waals surface area (Å²) in [5, 5.41) is 4.26. The number of nitrogens with one attached hydrogen (secondary N) is 2. The fourth-order valence-corrected chi connectivity index (χ4v) is 5.54. The Morgan fingerprint density at radius 2 is 2.16 bits per heavy atom. The van der Waals surface area contributed by atoms with Crippen molar-refractivity contribution in [3.05, 3.63) is 48.2 Å². The molecule has 2 aromatic rings. The maximum absolute atomic E-state index is 13.3. The van der Waals surface area contributed by atoms with Crippen molar-refractivity contribution in [1.82, 2.24) is 15.2 Å². The third-order valence-corrected chi connectivity index (χ3v) is 7.14. The van der Waals surface area contributed by atoms with Crippen LogP contribution in [-0.2, 0) is 20.7 Å². The fraction of sp³-hybridized carbons (Fsp3) is 0.520. The summed E-state index contributed by atoms with van der Waals surface area (Å²) in [5.41, 5.74) is 1.69. The van der Waals surface area contributed by atoms with E-state index >= 15 is 0 Å². The number of carbonyl (C=O) groups excluding carboxylic acids is 2. The van der Waals surface area contributed by atoms with Crippen LogP contribution in [0.25, 0.3) is 10.9 Å². The minimum Gasteiger partial charge on any atom is -0.361 e. The molecule has 2 N–H and O–H groups in total. The first-order valence-corrected chi connectivity index (χ1v) is 11.6. The van der Waals surface area contributed by atoms with Crippen LogP contribution in [0.4, 0.5) is 0 Å². The Bertz CT molecular complexity index is 1010. The standard InChI is InChI=1S/C25H31N3O3/c1-2-3-4-7-13-26-23(29)21-20-10-12-25(31-20)16-28(24(30)22(21)25)14-11-17-15-27-19-9-6-5-8-18(17)19/h5-6,8-10,12,15,20-22,27H,2-4,7,11,13-14,16H2,1H3,(H,26,29)/t20-,21+,22+,25+/m1/s1. The van der Waals surface area contributed by atoms with Crippen molar-refractivity contribution in [2.24, 2.45) is 11.8 Å². The number of carbonyl (C=O) groups is 2. The van der Waals surface area contributed by atoms with E-state index in [0.29, 0.717) is 19.6 Å². The Morgan fingerprint density at radius 3 is 3.03 bits per heavy atom. The minimum absolute atomic E-state index is 0.0375. The van der Waals surface area contributed by atoms with Crippen LogP contribution in [0.2, 0.25) is 0 Å². The first-order valence-electron chi connectivity index (χ1n) is 11.6. The molecule has 2 saturated heterocycles. The number of likely N-dealkylation sites (tertiary alicyclic amines) is 1. The highest BCUT2D eigenvalue weighted by Crippen LogP contribution is 2.51. The molecular formula is C25H31N3O3. The monoisotopic (exact) mass is 421 g/mol. The summed E-state index contributed by atoms with van der Waals surface area (Å²) in [6.07, 6.45) is 11.0. The molecule has 2 bridgehead atoms. The van der Waals surface area contributed by atoms with E-state index in [4.69, 9.17) is 4.74 Å². The molecule has 0 unspecified atom stereocenters. The number of hydrogen-bond donors (Lipinski definition) is 2. The van der Waals surface area contributed by atoms with Crippen molar-refractivity contribution in [1.29, 1.82) is 0 Å². The van der Waals surface area contributed by atoms with Crippen LogP contribution in [0.3, 0.4) is 0 Å². The molecule has 2 amide bonds. The summed E-state index contributed by atoms with van der Waals surface area (Å²) >= 11 is 0. The van der Waals surface area contributed by atoms with Gasteiger partial charge in [0, 0.05) is 30.2 Å². The summed E-state index contributed by atoms with van der Waals surface area (Å²) in [6, 6.07) is 8.22. The summed E-state index contributed by atoms with van der Waals surface area (Å²) in [6.45, 7) is 4.01. The number of fused-ring (bicyclic) bond motifs is 2. The zero-order valence-electron chi connectivity index (χ0n) is 18.1. The minimum atomic E-state index is -0.633. The number of rotatable bonds is 9. The average molecular weight is 422 g/mol. The molecule has 4 atom stereocenters. The van der Waals surface area contributed by atoms with Crippen LogP contribution in [0.1, 0.15) is 38.2 Å². The maximum atomic E-state index is 13.3. The van der Waals surface area contributed by atoms with Gasteiger partial charge in [-0.15, -0.1) is 0 Å². The second-order valence-electron chi connectivity index (χ2n) is 9.12. The molecule has 0 aliphatic carbocycles. The third-order valence-electron chi connectivity index (χ3n) is 7.14. The van der Waals surface area contributed by atoms with Crippen molar-refractivity contribution in [2.75, 3.05) is 19.6 Å². The van der Waals surface area contributed by atoms with E-state index in [1.807, 2.05) is 35.4 Å². The highest BCUT2D eigenvalue weighted by atomic mass is 16.5. The number of H-pyrrole nitrogens is 1. The average Bonchev–Trinajstić information content (AvgIpc) is 3.52. The van der Waals surface area contributed by atoms with Crippen LogP contribution in [0.15, 0.2) is 42.6 Å². The van der Waals surface area contributed by atoms with Gasteiger partial charge in [-0.25, -0.2) is 0 Å². The van der Waals surface area contributed by atoms with E-state index in [0.717, 1.165) is 24.8 Å². The quantitative estimate of drug-likeness (QED) is 0.482. The molecule has 4 heterocycles. The molecule has 1 aromatic carbocycles. The molecule has 6 nitrogen and oxygen atoms in total. The Kier molecular flexibility index (Phi) is 5.34. The Hall–Kier alpha value is -2.60. The molecule has 1 aromatic heterocycles. The molecule has 2 fully saturated rings. The SMILES string of the molecule is CCCCCCNC(=O)[C@@H]1[C@H]2C(=O)N(CCc3c[nH]c4ccccc34)C[C@@]23C=C[C@H]1O3. The number of aromatic amines is 1. The lowest BCUT2D eigenvalue weighted by Gasteiger charge is -2.23. The normalized spacial score (nSPS) is 28.6. The number of aromatic nitrogens is 1. The highest BCUT2D eigenvalue weighted by Gasteiger charge is 2.66. The van der Waals surface area contributed by atoms with E-state index in [-0.39, 0.29) is 17.9 Å². The number of hydrogen-bond acceptors (Lipinski definition) is 3. The number of unbranched alkanes of at least 4 members (excludes halogenated alkanes) is 3. The first-order chi connectivity index (χ1) is 15.1. The van der Waals surface area contributed by atoms with Gasteiger partial charge in [0.2, 0.25) is 11.8 Å². The second-order valence-corrected chi connectivity index (χ2v) is 9.12. The third kappa shape index (κ3) is 3.47. The van der Waals surface area contributed by atoms with Gasteiger partial charge in [0.05, 0.1) is 24.5 Å². The number of amides is 2. The zero-order chi connectivity index (χ0) is 21.4. The molecule has 164 valence electrons. The molecular weight excluding hydrogens is 390 g/mol. The van der Waals surface area contributed by atoms with Crippen LogP contribution >= 0.6 is 0 Å². The van der Waals surface area contributed by atoms with Crippen molar-refractivity contribution in [2.45, 2.75) is 50.7 Å². The summed E-state index contributed by atoms with van der Waals surface area (Å²) < 4.78 is 6.23. The molecule has 6 heteroatoms. The van der Waals surface area contributed by atoms with E-state index in [2.05, 4.69) is 29.4 Å². The van der Waals surface area contributed by atoms with Gasteiger partial charge in [-0.05, 0) is 24.5 Å². The van der Waals surface area contributed by atoms with Gasteiger partial charge in [-0.3, -0.25) is 9.59 Å². The predicted octanol–water partition coefficient (Wildman–Crippen LogP) is 3.19. The van der Waals surface area contributed by atoms with Crippen molar-refractivity contribution in [3.8, 4) is 0 Å². The largest absolute Gasteiger partial charge is 0.361 e. The predicted molar refractivity (Wildman–Crippen MR) is 119 cm³/mol. The van der Waals surface area contributed by atoms with E-state index in [1.165, 1.54) is 23.8 Å². The van der Waals surface area contributed by atoms with Gasteiger partial charge >= 0.3 is 0 Å². The fourth-order valence-electron chi connectivity index (χ4n) is 5.54. The zero-order valence-corrected chi connectivity index (χ0v) is 18.1. The van der Waals surface area contributed by atoms with Gasteiger partial charge in [0.1, 0.15) is 5.60 Å². The molecule has 5 rings (SSSR count). The van der Waals surface area contributed by atoms with Crippen molar-refractivity contribution < 1.29 is 14.3 Å². The van der Waals surface area contributed by atoms with Crippen LogP contribution in [0, 0.1) is 11.8 Å². The van der Waals surface area contributed by atoms with Gasteiger partial charge in [-0.2, -0.15) is 0 Å². The van der Waals surface area contributed by atoms with Crippen molar-refractivity contribution in [3.63, 3.8) is 0 Å². The van der Waals surface area contributed by atoms with Gasteiger partial charge < -0.3 is 19.9 Å². The first kappa shape index (κ1) is 20.3. The summed E-state index contributed by atoms with van der Waals surface area (Å²) in [5.74, 6) is -0.801. The summed E-state index contributed by atoms with van der Waals surface area (Å²) in [7, 11) is 0. The van der Waals surface area contributed by atoms with E-state index in [9.17, 15) is 9.59 Å². The second kappa shape index (κ2) is 8.15. The lowest BCUT2D eigenvalue weighted by atomic mass is 9.77. The smallest absolute Gasteiger partial charge is 0.230 e. The maximum Gasteiger partial charge on any atom is 0.230 e. The number of nitrogens with zero attached hydrogens (tertiary/aromatic N) is 1. The Morgan fingerprint density at radius 1 is 1.29 bits per heavy atom. The van der Waals surface area contributed by atoms with Gasteiger partial charge in [0.15, 0.2) is 0 Å². The molecule has 1 spiro atoms. The number of ether oxygens (including phenoxy) is 1. The topological polar surface area (TPSA) is 74.4 Å². The molecule has 0 saturated carbocycles. The highest BCUT2D eigenvalue weighted by molar-refractivity contribution is 5.93. The van der Waals surface area contributed by atoms with Crippen LogP contribution in [-0.4, -0.2) is 53.0 Å². The Labute approximate surface area is 183 Å². The van der Waals surface area contributed by atoms with Crippen molar-refractivity contribution >= 4 is 22.7 Å². The van der Waals surface area contributed by atoms with Gasteiger partial charge in [0.25, 0.3) is 0 Å². The van der Waals surface area contributed by atoms with Gasteiger partial charge in [-0.1, -0.05) is 56.5 Å². The van der Waals surface area contributed by atoms with E-state index in [1.54, 1.807) is 0 Å². The number of benzene rings is 1.